The number of alkyl carbamates (subject to hydrolysis) is 1. The van der Waals surface area contributed by atoms with Crippen LogP contribution >= 0.6 is 0 Å². The third-order valence-electron chi connectivity index (χ3n) is 6.05. The third kappa shape index (κ3) is 4.52. The van der Waals surface area contributed by atoms with Crippen molar-refractivity contribution in [3.63, 3.8) is 0 Å². The molecule has 0 saturated carbocycles. The molecular formula is C25H24F3N5O3. The molecule has 5 rings (SSSR count). The molecule has 3 heterocycles. The molecule has 1 aliphatic carbocycles. The van der Waals surface area contributed by atoms with Gasteiger partial charge in [-0.15, -0.1) is 0 Å². The van der Waals surface area contributed by atoms with Gasteiger partial charge in [0.25, 0.3) is 0 Å². The van der Waals surface area contributed by atoms with Crippen molar-refractivity contribution < 1.29 is 27.2 Å². The Morgan fingerprint density at radius 3 is 2.56 bits per heavy atom. The minimum atomic E-state index is -1.28. The number of nitrogens with zero attached hydrogens (tertiary/aromatic N) is 4. The molecule has 0 spiro atoms. The number of aromatic nitrogens is 4. The number of pyridine rings is 1. The fourth-order valence-electron chi connectivity index (χ4n) is 4.54. The number of hydrogen-bond donors (Lipinski definition) is 1. The lowest BCUT2D eigenvalue weighted by atomic mass is 9.80. The number of aryl methyl sites for hydroxylation is 1. The second kappa shape index (κ2) is 8.65. The molecule has 2 unspecified atom stereocenters. The quantitative estimate of drug-likeness (QED) is 0.404. The summed E-state index contributed by atoms with van der Waals surface area (Å²) in [5.41, 5.74) is 1.98. The maximum atomic E-state index is 14.8. The topological polar surface area (TPSA) is 94.5 Å². The molecule has 36 heavy (non-hydrogen) atoms. The molecule has 1 amide bonds. The normalized spacial score (nSPS) is 17.8. The highest BCUT2D eigenvalue weighted by Crippen LogP contribution is 2.36. The monoisotopic (exact) mass is 499 g/mol. The summed E-state index contributed by atoms with van der Waals surface area (Å²) in [6.07, 6.45) is 1.58. The van der Waals surface area contributed by atoms with Crippen molar-refractivity contribution in [2.45, 2.75) is 58.1 Å². The Bertz CT molecular complexity index is 1470. The van der Waals surface area contributed by atoms with E-state index < -0.39 is 41.1 Å². The summed E-state index contributed by atoms with van der Waals surface area (Å²) < 4.78 is 54.9. The van der Waals surface area contributed by atoms with Gasteiger partial charge in [0.2, 0.25) is 11.7 Å². The van der Waals surface area contributed by atoms with Gasteiger partial charge in [0.15, 0.2) is 11.6 Å². The summed E-state index contributed by atoms with van der Waals surface area (Å²) in [4.78, 5) is 21.6. The molecule has 8 nitrogen and oxygen atoms in total. The minimum Gasteiger partial charge on any atom is -0.444 e. The maximum Gasteiger partial charge on any atom is 0.407 e. The van der Waals surface area contributed by atoms with Gasteiger partial charge in [-0.1, -0.05) is 5.16 Å². The molecule has 188 valence electrons. The van der Waals surface area contributed by atoms with Crippen LogP contribution in [0.2, 0.25) is 0 Å². The predicted octanol–water partition coefficient (Wildman–Crippen LogP) is 4.89. The number of nitrogens with one attached hydrogen (secondary N) is 1. The molecule has 4 aromatic rings. The van der Waals surface area contributed by atoms with E-state index in [9.17, 15) is 18.0 Å². The number of carbonyl (C=O) groups is 1. The van der Waals surface area contributed by atoms with Gasteiger partial charge in [-0.05, 0) is 44.5 Å². The van der Waals surface area contributed by atoms with Gasteiger partial charge < -0.3 is 19.0 Å². The molecule has 3 aromatic heterocycles. The summed E-state index contributed by atoms with van der Waals surface area (Å²) in [7, 11) is 0. The number of fused-ring (bicyclic) bond motifs is 3. The molecule has 2 atom stereocenters. The van der Waals surface area contributed by atoms with Gasteiger partial charge in [-0.3, -0.25) is 0 Å². The standard InChI is InChI=1S/C25H24F3N5O3/c1-12-29-23(32-36-12)13-5-6-33-21-11-19(31-24(34)35-25(2,3)4)15(9-20(21)30-22(33)7-13)14-8-17(27)18(28)10-16(14)26/h5-8,10,15,19H,9,11H2,1-4H3,(H,31,34). The minimum absolute atomic E-state index is 0.0411. The van der Waals surface area contributed by atoms with Gasteiger partial charge in [0.1, 0.15) is 17.1 Å². The Hall–Kier alpha value is -3.89. The van der Waals surface area contributed by atoms with Crippen LogP contribution in [0.25, 0.3) is 17.0 Å². The number of ether oxygens (including phenoxy) is 1. The van der Waals surface area contributed by atoms with E-state index in [1.165, 1.54) is 0 Å². The highest BCUT2D eigenvalue weighted by Gasteiger charge is 2.36. The smallest absolute Gasteiger partial charge is 0.407 e. The van der Waals surface area contributed by atoms with Crippen molar-refractivity contribution in [3.8, 4) is 11.4 Å². The van der Waals surface area contributed by atoms with Crippen LogP contribution in [0.3, 0.4) is 0 Å². The molecule has 1 N–H and O–H groups in total. The largest absolute Gasteiger partial charge is 0.444 e. The Labute approximate surface area is 204 Å². The van der Waals surface area contributed by atoms with Crippen LogP contribution in [0.4, 0.5) is 18.0 Å². The number of imidazole rings is 1. The van der Waals surface area contributed by atoms with Crippen LogP contribution in [-0.4, -0.2) is 37.3 Å². The van der Waals surface area contributed by atoms with Crippen LogP contribution in [0.15, 0.2) is 35.0 Å². The molecule has 1 aromatic carbocycles. The fraction of sp³-hybridized carbons (Fsp3) is 0.360. The first-order valence-electron chi connectivity index (χ1n) is 11.4. The number of benzene rings is 1. The van der Waals surface area contributed by atoms with E-state index in [0.717, 1.165) is 11.8 Å². The fourth-order valence-corrected chi connectivity index (χ4v) is 4.54. The van der Waals surface area contributed by atoms with Gasteiger partial charge in [-0.25, -0.2) is 22.9 Å². The lowest BCUT2D eigenvalue weighted by molar-refractivity contribution is 0.0493. The molecule has 1 aliphatic rings. The summed E-state index contributed by atoms with van der Waals surface area (Å²) in [5, 5.41) is 6.74. The number of rotatable bonds is 3. The molecule has 11 heteroatoms. The first-order chi connectivity index (χ1) is 17.0. The Morgan fingerprint density at radius 1 is 1.11 bits per heavy atom. The van der Waals surface area contributed by atoms with Gasteiger partial charge >= 0.3 is 6.09 Å². The molecular weight excluding hydrogens is 475 g/mol. The zero-order chi connectivity index (χ0) is 25.8. The Morgan fingerprint density at radius 2 is 1.86 bits per heavy atom. The summed E-state index contributed by atoms with van der Waals surface area (Å²) in [6.45, 7) is 6.88. The zero-order valence-corrected chi connectivity index (χ0v) is 20.1. The molecule has 0 saturated heterocycles. The van der Waals surface area contributed by atoms with Crippen molar-refractivity contribution in [1.82, 2.24) is 24.8 Å². The van der Waals surface area contributed by atoms with Gasteiger partial charge in [0.05, 0.1) is 5.69 Å². The first-order valence-corrected chi connectivity index (χ1v) is 11.4. The number of halogens is 3. The van der Waals surface area contributed by atoms with Crippen molar-refractivity contribution in [2.75, 3.05) is 0 Å². The van der Waals surface area contributed by atoms with Crippen LogP contribution in [0, 0.1) is 24.4 Å². The van der Waals surface area contributed by atoms with E-state index in [1.54, 1.807) is 33.8 Å². The highest BCUT2D eigenvalue weighted by atomic mass is 19.2. The Kier molecular flexibility index (Phi) is 5.73. The van der Waals surface area contributed by atoms with E-state index in [-0.39, 0.29) is 18.4 Å². The van der Waals surface area contributed by atoms with Crippen LogP contribution in [0.5, 0.6) is 0 Å². The maximum absolute atomic E-state index is 14.8. The zero-order valence-electron chi connectivity index (χ0n) is 20.1. The predicted molar refractivity (Wildman–Crippen MR) is 123 cm³/mol. The van der Waals surface area contributed by atoms with E-state index in [2.05, 4.69) is 15.5 Å². The summed E-state index contributed by atoms with van der Waals surface area (Å²) in [5.74, 6) is -3.19. The molecule has 0 aliphatic heterocycles. The van der Waals surface area contributed by atoms with Crippen molar-refractivity contribution >= 4 is 11.7 Å². The SMILES string of the molecule is Cc1nc(-c2ccn3c4c(nc3c2)CC(c2cc(F)c(F)cc2F)C(NC(=O)OC(C)(C)C)C4)no1. The Balaban J connectivity index is 1.55. The van der Waals surface area contributed by atoms with E-state index >= 15 is 0 Å². The lowest BCUT2D eigenvalue weighted by Crippen LogP contribution is -2.46. The second-order valence-corrected chi connectivity index (χ2v) is 9.84. The lowest BCUT2D eigenvalue weighted by Gasteiger charge is -2.33. The average molecular weight is 499 g/mol. The molecule has 0 bridgehead atoms. The van der Waals surface area contributed by atoms with Crippen LogP contribution < -0.4 is 5.32 Å². The molecule has 0 fully saturated rings. The number of hydrogen-bond acceptors (Lipinski definition) is 6. The van der Waals surface area contributed by atoms with E-state index in [1.807, 2.05) is 16.7 Å². The van der Waals surface area contributed by atoms with E-state index in [0.29, 0.717) is 34.7 Å². The number of carbonyl (C=O) groups excluding carboxylic acids is 1. The van der Waals surface area contributed by atoms with E-state index in [4.69, 9.17) is 14.2 Å². The van der Waals surface area contributed by atoms with Crippen LogP contribution in [-0.2, 0) is 17.6 Å². The average Bonchev–Trinajstić information content (AvgIpc) is 3.37. The second-order valence-electron chi connectivity index (χ2n) is 9.84. The highest BCUT2D eigenvalue weighted by molar-refractivity contribution is 5.68. The van der Waals surface area contributed by atoms with Crippen molar-refractivity contribution in [1.29, 1.82) is 0 Å². The van der Waals surface area contributed by atoms with Crippen molar-refractivity contribution in [3.05, 3.63) is 70.8 Å². The number of amides is 1. The van der Waals surface area contributed by atoms with Crippen LogP contribution in [0.1, 0.15) is 49.5 Å². The summed E-state index contributed by atoms with van der Waals surface area (Å²) >= 11 is 0. The van der Waals surface area contributed by atoms with Crippen molar-refractivity contribution in [2.24, 2.45) is 0 Å². The first kappa shape index (κ1) is 23.8. The van der Waals surface area contributed by atoms with Gasteiger partial charge in [-0.2, -0.15) is 4.98 Å². The summed E-state index contributed by atoms with van der Waals surface area (Å²) in [6, 6.07) is 4.32. The molecule has 0 radical (unpaired) electrons. The third-order valence-corrected chi connectivity index (χ3v) is 6.05. The van der Waals surface area contributed by atoms with Gasteiger partial charge in [0, 0.05) is 55.2 Å².